The summed E-state index contributed by atoms with van der Waals surface area (Å²) in [5.41, 5.74) is 1.43. The van der Waals surface area contributed by atoms with E-state index in [1.165, 1.54) is 12.0 Å². The summed E-state index contributed by atoms with van der Waals surface area (Å²) in [5, 5.41) is 3.70. The zero-order valence-electron chi connectivity index (χ0n) is 15.5. The average Bonchev–Trinajstić information content (AvgIpc) is 3.21. The molecule has 4 unspecified atom stereocenters. The second-order valence-electron chi connectivity index (χ2n) is 7.21. The van der Waals surface area contributed by atoms with Crippen molar-refractivity contribution in [1.29, 1.82) is 0 Å². The van der Waals surface area contributed by atoms with Gasteiger partial charge >= 0.3 is 0 Å². The lowest BCUT2D eigenvalue weighted by atomic mass is 10.1. The molecule has 1 aliphatic carbocycles. The number of hydrogen-bond acceptors (Lipinski definition) is 3. The normalized spacial score (nSPS) is 31.4. The molecule has 3 aliphatic rings. The van der Waals surface area contributed by atoms with Gasteiger partial charge in [-0.25, -0.2) is 0 Å². The zero-order chi connectivity index (χ0) is 17.1. The van der Waals surface area contributed by atoms with Crippen LogP contribution in [-0.2, 0) is 9.47 Å². The number of halogens is 1. The van der Waals surface area contributed by atoms with E-state index < -0.39 is 0 Å². The summed E-state index contributed by atoms with van der Waals surface area (Å²) in [7, 11) is 0. The van der Waals surface area contributed by atoms with Crippen molar-refractivity contribution in [2.24, 2.45) is 4.99 Å². The molecule has 1 saturated carbocycles. The molecule has 2 saturated heterocycles. The maximum absolute atomic E-state index is 5.98. The fourth-order valence-electron chi connectivity index (χ4n) is 3.96. The monoisotopic (exact) mass is 471 g/mol. The molecule has 4 atom stereocenters. The molecule has 2 heterocycles. The van der Waals surface area contributed by atoms with Crippen LogP contribution in [0.25, 0.3) is 0 Å². The minimum Gasteiger partial charge on any atom is -0.375 e. The lowest BCUT2D eigenvalue weighted by Crippen LogP contribution is -2.53. The maximum Gasteiger partial charge on any atom is 0.194 e. The Bertz CT molecular complexity index is 592. The molecule has 0 bridgehead atoms. The molecule has 1 N–H and O–H groups in total. The molecule has 4 rings (SSSR count). The van der Waals surface area contributed by atoms with Crippen molar-refractivity contribution in [3.63, 3.8) is 0 Å². The molecule has 0 radical (unpaired) electrons. The van der Waals surface area contributed by atoms with E-state index in [0.717, 1.165) is 51.6 Å². The van der Waals surface area contributed by atoms with Gasteiger partial charge in [0.2, 0.25) is 0 Å². The Balaban J connectivity index is 0.00000196. The molecular formula is C20H30IN3O2. The van der Waals surface area contributed by atoms with Gasteiger partial charge in [0.15, 0.2) is 5.96 Å². The van der Waals surface area contributed by atoms with E-state index in [0.29, 0.717) is 12.0 Å². The van der Waals surface area contributed by atoms with Gasteiger partial charge in [0.05, 0.1) is 12.7 Å². The molecule has 1 aromatic rings. The van der Waals surface area contributed by atoms with E-state index in [9.17, 15) is 0 Å². The Hall–Kier alpha value is -0.860. The average molecular weight is 471 g/mol. The molecule has 5 nitrogen and oxygen atoms in total. The third kappa shape index (κ3) is 4.70. The third-order valence-corrected chi connectivity index (χ3v) is 5.41. The second kappa shape index (κ2) is 9.37. The quantitative estimate of drug-likeness (QED) is 0.417. The first-order valence-corrected chi connectivity index (χ1v) is 9.69. The van der Waals surface area contributed by atoms with Crippen LogP contribution in [0.15, 0.2) is 35.3 Å². The largest absolute Gasteiger partial charge is 0.375 e. The summed E-state index contributed by atoms with van der Waals surface area (Å²) in [5.74, 6) is 1.65. The molecule has 26 heavy (non-hydrogen) atoms. The van der Waals surface area contributed by atoms with E-state index >= 15 is 0 Å². The van der Waals surface area contributed by atoms with Gasteiger partial charge in [-0.2, -0.15) is 0 Å². The highest BCUT2D eigenvalue weighted by Gasteiger charge is 2.40. The van der Waals surface area contributed by atoms with Gasteiger partial charge in [0.25, 0.3) is 0 Å². The number of morpholine rings is 1. The summed E-state index contributed by atoms with van der Waals surface area (Å²) < 4.78 is 11.8. The summed E-state index contributed by atoms with van der Waals surface area (Å²) >= 11 is 0. The van der Waals surface area contributed by atoms with Gasteiger partial charge in [-0.3, -0.25) is 4.99 Å². The van der Waals surface area contributed by atoms with Crippen molar-refractivity contribution in [1.82, 2.24) is 10.2 Å². The Morgan fingerprint density at radius 1 is 1.19 bits per heavy atom. The number of rotatable bonds is 4. The van der Waals surface area contributed by atoms with Crippen molar-refractivity contribution in [3.8, 4) is 0 Å². The van der Waals surface area contributed by atoms with E-state index in [2.05, 4.69) is 47.5 Å². The topological polar surface area (TPSA) is 46.1 Å². The first-order valence-electron chi connectivity index (χ1n) is 9.69. The molecule has 6 heteroatoms. The Labute approximate surface area is 173 Å². The summed E-state index contributed by atoms with van der Waals surface area (Å²) in [6.45, 7) is 6.30. The van der Waals surface area contributed by atoms with Gasteiger partial charge in [0.1, 0.15) is 6.10 Å². The summed E-state index contributed by atoms with van der Waals surface area (Å²) in [6.07, 6.45) is 3.88. The lowest BCUT2D eigenvalue weighted by Gasteiger charge is -2.37. The minimum absolute atomic E-state index is 0. The maximum atomic E-state index is 5.98. The number of nitrogens with zero attached hydrogens (tertiary/aromatic N) is 2. The van der Waals surface area contributed by atoms with Crippen molar-refractivity contribution >= 4 is 29.9 Å². The Kier molecular flexibility index (Phi) is 7.17. The summed E-state index contributed by atoms with van der Waals surface area (Å²) in [4.78, 5) is 7.11. The molecular weight excluding hydrogens is 441 g/mol. The first-order chi connectivity index (χ1) is 12.3. The number of ether oxygens (including phenoxy) is 2. The molecule has 0 amide bonds. The highest BCUT2D eigenvalue weighted by atomic mass is 127. The number of hydrogen-bond donors (Lipinski definition) is 1. The smallest absolute Gasteiger partial charge is 0.194 e. The van der Waals surface area contributed by atoms with Crippen LogP contribution in [0.2, 0.25) is 0 Å². The van der Waals surface area contributed by atoms with Crippen molar-refractivity contribution < 1.29 is 9.47 Å². The van der Waals surface area contributed by atoms with Gasteiger partial charge in [-0.05, 0) is 31.7 Å². The van der Waals surface area contributed by atoms with E-state index in [4.69, 9.17) is 14.5 Å². The number of guanidine groups is 1. The van der Waals surface area contributed by atoms with Gasteiger partial charge in [-0.15, -0.1) is 24.0 Å². The number of aliphatic imine (C=N–C) groups is 1. The van der Waals surface area contributed by atoms with Crippen LogP contribution < -0.4 is 5.32 Å². The minimum atomic E-state index is 0. The fraction of sp³-hybridized carbons (Fsp3) is 0.650. The molecule has 3 fully saturated rings. The molecule has 2 aliphatic heterocycles. The Morgan fingerprint density at radius 3 is 2.73 bits per heavy atom. The molecule has 0 spiro atoms. The molecule has 144 valence electrons. The first kappa shape index (κ1) is 19.9. The highest BCUT2D eigenvalue weighted by Crippen LogP contribution is 2.40. The van der Waals surface area contributed by atoms with E-state index in [-0.39, 0.29) is 36.2 Å². The van der Waals surface area contributed by atoms with Crippen LogP contribution in [0.3, 0.4) is 0 Å². The predicted molar refractivity (Wildman–Crippen MR) is 114 cm³/mol. The van der Waals surface area contributed by atoms with Crippen molar-refractivity contribution in [2.45, 2.75) is 50.4 Å². The van der Waals surface area contributed by atoms with Gasteiger partial charge in [0, 0.05) is 38.2 Å². The fourth-order valence-corrected chi connectivity index (χ4v) is 3.96. The van der Waals surface area contributed by atoms with Crippen LogP contribution in [0.4, 0.5) is 0 Å². The van der Waals surface area contributed by atoms with Crippen LogP contribution in [0.1, 0.15) is 37.7 Å². The van der Waals surface area contributed by atoms with Crippen LogP contribution in [0.5, 0.6) is 0 Å². The van der Waals surface area contributed by atoms with Gasteiger partial charge in [-0.1, -0.05) is 30.3 Å². The molecule has 0 aromatic heterocycles. The number of benzene rings is 1. The zero-order valence-corrected chi connectivity index (χ0v) is 17.8. The van der Waals surface area contributed by atoms with Gasteiger partial charge < -0.3 is 19.7 Å². The van der Waals surface area contributed by atoms with Crippen molar-refractivity contribution in [2.75, 3.05) is 32.8 Å². The van der Waals surface area contributed by atoms with Crippen LogP contribution >= 0.6 is 24.0 Å². The lowest BCUT2D eigenvalue weighted by molar-refractivity contribution is -0.0817. The highest BCUT2D eigenvalue weighted by molar-refractivity contribution is 14.0. The van der Waals surface area contributed by atoms with Crippen LogP contribution in [-0.4, -0.2) is 62.0 Å². The van der Waals surface area contributed by atoms with Crippen LogP contribution in [0, 0.1) is 0 Å². The SMILES string of the molecule is CCN=C(NC1CC1c1ccccc1)N1CCOC(C2CCCO2)C1.I. The molecule has 1 aromatic carbocycles. The summed E-state index contributed by atoms with van der Waals surface area (Å²) in [6, 6.07) is 11.3. The van der Waals surface area contributed by atoms with E-state index in [1.807, 2.05) is 0 Å². The second-order valence-corrected chi connectivity index (χ2v) is 7.21. The number of nitrogens with one attached hydrogen (secondary N) is 1. The predicted octanol–water partition coefficient (Wildman–Crippen LogP) is 3.01. The van der Waals surface area contributed by atoms with Crippen molar-refractivity contribution in [3.05, 3.63) is 35.9 Å². The third-order valence-electron chi connectivity index (χ3n) is 5.41. The Morgan fingerprint density at radius 2 is 2.00 bits per heavy atom. The van der Waals surface area contributed by atoms with E-state index in [1.54, 1.807) is 0 Å². The standard InChI is InChI=1S/C20H29N3O2.HI/c1-2-21-20(22-17-13-16(17)15-7-4-3-5-8-15)23-10-12-25-19(14-23)18-9-6-11-24-18;/h3-5,7-8,16-19H,2,6,9-14H2,1H3,(H,21,22);1H.